The van der Waals surface area contributed by atoms with Crippen molar-refractivity contribution in [3.05, 3.63) is 65.4 Å². The molecule has 0 N–H and O–H groups in total. The zero-order valence-corrected chi connectivity index (χ0v) is 16.9. The summed E-state index contributed by atoms with van der Waals surface area (Å²) in [6, 6.07) is 11.6. The summed E-state index contributed by atoms with van der Waals surface area (Å²) in [5, 5.41) is 0. The number of amides is 1. The summed E-state index contributed by atoms with van der Waals surface area (Å²) in [6.07, 6.45) is 5.51. The average Bonchev–Trinajstić information content (AvgIpc) is 3.27. The molecular weight excluding hydrogens is 370 g/mol. The number of methoxy groups -OCH3 is 3. The van der Waals surface area contributed by atoms with Crippen molar-refractivity contribution in [2.45, 2.75) is 12.5 Å². The first kappa shape index (κ1) is 18.9. The smallest absolute Gasteiger partial charge is 0.280 e. The summed E-state index contributed by atoms with van der Waals surface area (Å²) < 4.78 is 23.0. The number of carbonyl (C=O) groups is 1. The topological polar surface area (TPSA) is 57.2 Å². The van der Waals surface area contributed by atoms with Gasteiger partial charge in [0.05, 0.1) is 32.6 Å². The van der Waals surface area contributed by atoms with Crippen molar-refractivity contribution in [1.82, 2.24) is 0 Å². The number of benzene rings is 2. The zero-order chi connectivity index (χ0) is 20.6. The van der Waals surface area contributed by atoms with E-state index in [0.717, 1.165) is 5.56 Å². The van der Waals surface area contributed by atoms with Gasteiger partial charge in [0.2, 0.25) is 11.4 Å². The molecule has 2 heterocycles. The number of hydrogen-bond donors (Lipinski definition) is 0. The molecule has 0 aliphatic carbocycles. The van der Waals surface area contributed by atoms with Crippen LogP contribution < -0.4 is 19.1 Å². The van der Waals surface area contributed by atoms with Gasteiger partial charge in [-0.25, -0.2) is 0 Å². The van der Waals surface area contributed by atoms with Gasteiger partial charge in [-0.3, -0.25) is 4.79 Å². The van der Waals surface area contributed by atoms with Crippen LogP contribution in [0.15, 0.2) is 54.3 Å². The van der Waals surface area contributed by atoms with Gasteiger partial charge < -0.3 is 23.8 Å². The van der Waals surface area contributed by atoms with Gasteiger partial charge in [0.15, 0.2) is 11.5 Å². The molecule has 29 heavy (non-hydrogen) atoms. The molecule has 0 saturated carbocycles. The van der Waals surface area contributed by atoms with E-state index in [1.165, 1.54) is 0 Å². The number of likely N-dealkylation sites (N-methyl/N-ethyl adjacent to an activating group) is 1. The maximum absolute atomic E-state index is 13.5. The standard InChI is InChI=1S/C23H23NO5/c1-5-24-17-14-18(26-2)20(27-3)21(28-4)19(17)23(22(24)25)12-11-16(29-23)13-15-9-7-6-8-10-15/h6-14H,5H2,1-4H3/b16-13+. The number of hydrogen-bond acceptors (Lipinski definition) is 5. The Bertz CT molecular complexity index is 1010. The maximum Gasteiger partial charge on any atom is 0.280 e. The number of rotatable bonds is 5. The van der Waals surface area contributed by atoms with Crippen LogP contribution in [0.3, 0.4) is 0 Å². The number of nitrogens with zero attached hydrogens (tertiary/aromatic N) is 1. The van der Waals surface area contributed by atoms with Crippen LogP contribution in [0.25, 0.3) is 6.08 Å². The number of allylic oxidation sites excluding steroid dienone is 1. The summed E-state index contributed by atoms with van der Waals surface area (Å²) in [6.45, 7) is 2.41. The SMILES string of the molecule is CCN1C(=O)C2(C=C/C(=C\c3ccccc3)O2)c2c1cc(OC)c(OC)c2OC. The summed E-state index contributed by atoms with van der Waals surface area (Å²) in [5.41, 5.74) is 1.01. The van der Waals surface area contributed by atoms with Gasteiger partial charge in [-0.15, -0.1) is 0 Å². The molecule has 0 bridgehead atoms. The first-order valence-corrected chi connectivity index (χ1v) is 9.40. The lowest BCUT2D eigenvalue weighted by Crippen LogP contribution is -2.39. The molecule has 1 unspecified atom stereocenters. The Hall–Kier alpha value is -3.41. The highest BCUT2D eigenvalue weighted by Gasteiger charge is 2.56. The lowest BCUT2D eigenvalue weighted by molar-refractivity contribution is -0.132. The fourth-order valence-electron chi connectivity index (χ4n) is 3.94. The third-order valence-corrected chi connectivity index (χ3v) is 5.22. The van der Waals surface area contributed by atoms with Crippen molar-refractivity contribution < 1.29 is 23.7 Å². The van der Waals surface area contributed by atoms with E-state index in [2.05, 4.69) is 0 Å². The molecule has 0 fully saturated rings. The van der Waals surface area contributed by atoms with Gasteiger partial charge in [-0.05, 0) is 30.7 Å². The van der Waals surface area contributed by atoms with Gasteiger partial charge in [-0.2, -0.15) is 0 Å². The molecule has 0 saturated heterocycles. The van der Waals surface area contributed by atoms with Crippen LogP contribution in [-0.2, 0) is 15.1 Å². The Morgan fingerprint density at radius 2 is 1.79 bits per heavy atom. The normalized spacial score (nSPS) is 20.9. The first-order chi connectivity index (χ1) is 14.1. The van der Waals surface area contributed by atoms with E-state index in [4.69, 9.17) is 18.9 Å². The van der Waals surface area contributed by atoms with Gasteiger partial charge in [0.25, 0.3) is 5.91 Å². The second-order valence-corrected chi connectivity index (χ2v) is 6.72. The molecular formula is C23H23NO5. The molecule has 0 radical (unpaired) electrons. The van der Waals surface area contributed by atoms with Crippen LogP contribution in [0.4, 0.5) is 5.69 Å². The molecule has 2 aliphatic rings. The summed E-state index contributed by atoms with van der Waals surface area (Å²) in [4.78, 5) is 15.1. The molecule has 1 atom stereocenters. The van der Waals surface area contributed by atoms with Crippen molar-refractivity contribution in [2.75, 3.05) is 32.8 Å². The van der Waals surface area contributed by atoms with Crippen LogP contribution in [0.5, 0.6) is 17.2 Å². The molecule has 4 rings (SSSR count). The Balaban J connectivity index is 1.89. The quantitative estimate of drug-likeness (QED) is 0.771. The van der Waals surface area contributed by atoms with Crippen LogP contribution in [0.1, 0.15) is 18.1 Å². The molecule has 2 aromatic rings. The minimum Gasteiger partial charge on any atom is -0.493 e. The number of ether oxygens (including phenoxy) is 4. The fraction of sp³-hybridized carbons (Fsp3) is 0.261. The second kappa shape index (κ2) is 7.20. The molecule has 150 valence electrons. The first-order valence-electron chi connectivity index (χ1n) is 9.40. The van der Waals surface area contributed by atoms with E-state index in [1.54, 1.807) is 38.4 Å². The number of fused-ring (bicyclic) bond motifs is 2. The number of carbonyl (C=O) groups excluding carboxylic acids is 1. The molecule has 0 aromatic heterocycles. The highest BCUT2D eigenvalue weighted by molar-refractivity contribution is 6.10. The molecule has 6 nitrogen and oxygen atoms in total. The maximum atomic E-state index is 13.5. The average molecular weight is 393 g/mol. The summed E-state index contributed by atoms with van der Waals surface area (Å²) in [5.74, 6) is 1.78. The lowest BCUT2D eigenvalue weighted by Gasteiger charge is -2.24. The lowest BCUT2D eigenvalue weighted by atomic mass is 9.94. The van der Waals surface area contributed by atoms with Crippen LogP contribution in [-0.4, -0.2) is 33.8 Å². The second-order valence-electron chi connectivity index (χ2n) is 6.72. The fourth-order valence-corrected chi connectivity index (χ4v) is 3.94. The van der Waals surface area contributed by atoms with Gasteiger partial charge >= 0.3 is 0 Å². The Labute approximate surface area is 169 Å². The van der Waals surface area contributed by atoms with Gasteiger partial charge in [0, 0.05) is 12.6 Å². The van der Waals surface area contributed by atoms with Crippen LogP contribution in [0.2, 0.25) is 0 Å². The van der Waals surface area contributed by atoms with Crippen molar-refractivity contribution in [3.8, 4) is 17.2 Å². The third-order valence-electron chi connectivity index (χ3n) is 5.22. The van der Waals surface area contributed by atoms with Crippen molar-refractivity contribution in [1.29, 1.82) is 0 Å². The third kappa shape index (κ3) is 2.75. The monoisotopic (exact) mass is 393 g/mol. The van der Waals surface area contributed by atoms with Crippen molar-refractivity contribution in [3.63, 3.8) is 0 Å². The molecule has 6 heteroatoms. The van der Waals surface area contributed by atoms with Crippen molar-refractivity contribution in [2.24, 2.45) is 0 Å². The molecule has 2 aliphatic heterocycles. The largest absolute Gasteiger partial charge is 0.493 e. The van der Waals surface area contributed by atoms with E-state index in [0.29, 0.717) is 40.8 Å². The predicted octanol–water partition coefficient (Wildman–Crippen LogP) is 3.90. The van der Waals surface area contributed by atoms with Crippen LogP contribution >= 0.6 is 0 Å². The van der Waals surface area contributed by atoms with E-state index in [9.17, 15) is 4.79 Å². The van der Waals surface area contributed by atoms with Gasteiger partial charge in [0.1, 0.15) is 5.76 Å². The molecule has 1 spiro atoms. The van der Waals surface area contributed by atoms with E-state index >= 15 is 0 Å². The van der Waals surface area contributed by atoms with E-state index < -0.39 is 5.60 Å². The Morgan fingerprint density at radius 1 is 1.07 bits per heavy atom. The highest BCUT2D eigenvalue weighted by Crippen LogP contribution is 2.57. The number of anilines is 1. The molecule has 1 amide bonds. The van der Waals surface area contributed by atoms with E-state index in [-0.39, 0.29) is 5.91 Å². The zero-order valence-electron chi connectivity index (χ0n) is 16.9. The minimum absolute atomic E-state index is 0.170. The van der Waals surface area contributed by atoms with Gasteiger partial charge in [-0.1, -0.05) is 30.3 Å². The Morgan fingerprint density at radius 3 is 2.41 bits per heavy atom. The Kier molecular flexibility index (Phi) is 4.70. The summed E-state index contributed by atoms with van der Waals surface area (Å²) in [7, 11) is 4.64. The van der Waals surface area contributed by atoms with Crippen molar-refractivity contribution >= 4 is 17.7 Å². The predicted molar refractivity (Wildman–Crippen MR) is 110 cm³/mol. The molecule has 2 aromatic carbocycles. The van der Waals surface area contributed by atoms with E-state index in [1.807, 2.05) is 49.4 Å². The minimum atomic E-state index is -1.29. The van der Waals surface area contributed by atoms with Crippen LogP contribution in [0, 0.1) is 0 Å². The summed E-state index contributed by atoms with van der Waals surface area (Å²) >= 11 is 0. The highest BCUT2D eigenvalue weighted by atomic mass is 16.5.